The summed E-state index contributed by atoms with van der Waals surface area (Å²) in [6, 6.07) is 9.25. The average Bonchev–Trinajstić information content (AvgIpc) is 2.29. The molecule has 0 aliphatic rings. The molecule has 2 rings (SSSR count). The molecule has 1 aromatic carbocycles. The van der Waals surface area contributed by atoms with Gasteiger partial charge in [-0.1, -0.05) is 17.8 Å². The molecule has 1 heterocycles. The predicted molar refractivity (Wildman–Crippen MR) is 61.7 cm³/mol. The molecular weight excluding hydrogens is 241 g/mol. The molecule has 0 atom stereocenters. The van der Waals surface area contributed by atoms with Crippen molar-refractivity contribution in [2.75, 3.05) is 0 Å². The maximum absolute atomic E-state index is 12.9. The highest BCUT2D eigenvalue weighted by atomic mass is 32.2. The van der Waals surface area contributed by atoms with Gasteiger partial charge >= 0.3 is 5.97 Å². The van der Waals surface area contributed by atoms with E-state index in [0.717, 1.165) is 9.79 Å². The number of hydrogen-bond acceptors (Lipinski definition) is 3. The van der Waals surface area contributed by atoms with Crippen molar-refractivity contribution in [3.63, 3.8) is 0 Å². The molecule has 0 saturated carbocycles. The Labute approximate surface area is 101 Å². The van der Waals surface area contributed by atoms with Crippen molar-refractivity contribution < 1.29 is 14.3 Å². The number of hydrogen-bond donors (Lipinski definition) is 1. The van der Waals surface area contributed by atoms with E-state index in [-0.39, 0.29) is 11.5 Å². The van der Waals surface area contributed by atoms with E-state index >= 15 is 0 Å². The van der Waals surface area contributed by atoms with E-state index in [1.54, 1.807) is 18.2 Å². The van der Waals surface area contributed by atoms with Crippen LogP contribution in [0.15, 0.2) is 52.4 Å². The van der Waals surface area contributed by atoms with E-state index < -0.39 is 5.97 Å². The predicted octanol–water partition coefficient (Wildman–Crippen LogP) is 3.07. The van der Waals surface area contributed by atoms with E-state index in [4.69, 9.17) is 5.11 Å². The highest BCUT2D eigenvalue weighted by Gasteiger charge is 2.04. The Bertz CT molecular complexity index is 542. The van der Waals surface area contributed by atoms with Crippen molar-refractivity contribution in [2.24, 2.45) is 0 Å². The minimum atomic E-state index is -1.06. The molecule has 17 heavy (non-hydrogen) atoms. The topological polar surface area (TPSA) is 50.2 Å². The molecule has 1 N–H and O–H groups in total. The van der Waals surface area contributed by atoms with E-state index in [2.05, 4.69) is 4.98 Å². The zero-order chi connectivity index (χ0) is 12.3. The SMILES string of the molecule is O=C(O)c1ccc(Sc2cccc(F)c2)cn1. The standard InChI is InChI=1S/C12H8FNO2S/c13-8-2-1-3-9(6-8)17-10-4-5-11(12(15)16)14-7-10/h1-7H,(H,15,16). The molecular formula is C12H8FNO2S. The highest BCUT2D eigenvalue weighted by molar-refractivity contribution is 7.99. The van der Waals surface area contributed by atoms with Crippen LogP contribution in [0, 0.1) is 5.82 Å². The Morgan fingerprint density at radius 3 is 2.65 bits per heavy atom. The van der Waals surface area contributed by atoms with Crippen molar-refractivity contribution >= 4 is 17.7 Å². The fraction of sp³-hybridized carbons (Fsp3) is 0. The number of aromatic carboxylic acids is 1. The lowest BCUT2D eigenvalue weighted by Gasteiger charge is -2.01. The molecule has 86 valence electrons. The van der Waals surface area contributed by atoms with Crippen LogP contribution < -0.4 is 0 Å². The van der Waals surface area contributed by atoms with Crippen LogP contribution in [-0.4, -0.2) is 16.1 Å². The lowest BCUT2D eigenvalue weighted by Crippen LogP contribution is -1.98. The van der Waals surface area contributed by atoms with Gasteiger partial charge in [-0.15, -0.1) is 0 Å². The molecule has 5 heteroatoms. The van der Waals surface area contributed by atoms with Crippen molar-refractivity contribution in [3.8, 4) is 0 Å². The quantitative estimate of drug-likeness (QED) is 0.908. The van der Waals surface area contributed by atoms with Gasteiger partial charge in [-0.25, -0.2) is 14.2 Å². The summed E-state index contributed by atoms with van der Waals surface area (Å²) in [5, 5.41) is 8.68. The molecule has 1 aromatic heterocycles. The van der Waals surface area contributed by atoms with Crippen LogP contribution in [0.5, 0.6) is 0 Å². The van der Waals surface area contributed by atoms with Crippen LogP contribution in [0.25, 0.3) is 0 Å². The number of rotatable bonds is 3. The Balaban J connectivity index is 2.16. The maximum atomic E-state index is 12.9. The maximum Gasteiger partial charge on any atom is 0.354 e. The fourth-order valence-electron chi connectivity index (χ4n) is 1.23. The van der Waals surface area contributed by atoms with E-state index in [1.165, 1.54) is 36.2 Å². The third-order valence-corrected chi connectivity index (χ3v) is 2.95. The van der Waals surface area contributed by atoms with Crippen LogP contribution in [-0.2, 0) is 0 Å². The largest absolute Gasteiger partial charge is 0.477 e. The number of halogens is 1. The summed E-state index contributed by atoms with van der Waals surface area (Å²) in [6.45, 7) is 0. The first-order valence-corrected chi connectivity index (χ1v) is 5.59. The lowest BCUT2D eigenvalue weighted by atomic mass is 10.3. The first-order chi connectivity index (χ1) is 8.15. The molecule has 0 bridgehead atoms. The number of aromatic nitrogens is 1. The van der Waals surface area contributed by atoms with Gasteiger partial charge in [0.05, 0.1) is 0 Å². The Morgan fingerprint density at radius 2 is 2.06 bits per heavy atom. The Morgan fingerprint density at radius 1 is 1.24 bits per heavy atom. The molecule has 0 amide bonds. The molecule has 2 aromatic rings. The average molecular weight is 249 g/mol. The molecule has 0 unspecified atom stereocenters. The number of nitrogens with zero attached hydrogens (tertiary/aromatic N) is 1. The normalized spacial score (nSPS) is 10.2. The van der Waals surface area contributed by atoms with Crippen LogP contribution >= 0.6 is 11.8 Å². The monoisotopic (exact) mass is 249 g/mol. The number of pyridine rings is 1. The van der Waals surface area contributed by atoms with Crippen LogP contribution in [0.1, 0.15) is 10.5 Å². The van der Waals surface area contributed by atoms with Gasteiger partial charge in [0.25, 0.3) is 0 Å². The Hall–Kier alpha value is -1.88. The fourth-order valence-corrected chi connectivity index (χ4v) is 2.07. The molecule has 0 aliphatic carbocycles. The van der Waals surface area contributed by atoms with Gasteiger partial charge in [-0.2, -0.15) is 0 Å². The van der Waals surface area contributed by atoms with Gasteiger partial charge in [0.2, 0.25) is 0 Å². The van der Waals surface area contributed by atoms with Crippen LogP contribution in [0.2, 0.25) is 0 Å². The molecule has 0 aliphatic heterocycles. The third-order valence-electron chi connectivity index (χ3n) is 1.99. The van der Waals surface area contributed by atoms with Crippen LogP contribution in [0.4, 0.5) is 4.39 Å². The van der Waals surface area contributed by atoms with Gasteiger partial charge in [0.15, 0.2) is 0 Å². The van der Waals surface area contributed by atoms with Gasteiger partial charge in [-0.3, -0.25) is 0 Å². The second-order valence-electron chi connectivity index (χ2n) is 3.24. The number of benzene rings is 1. The summed E-state index contributed by atoms with van der Waals surface area (Å²) in [7, 11) is 0. The van der Waals surface area contributed by atoms with Crippen LogP contribution in [0.3, 0.4) is 0 Å². The zero-order valence-electron chi connectivity index (χ0n) is 8.63. The smallest absolute Gasteiger partial charge is 0.354 e. The lowest BCUT2D eigenvalue weighted by molar-refractivity contribution is 0.0690. The number of carboxylic acids is 1. The minimum Gasteiger partial charge on any atom is -0.477 e. The van der Waals surface area contributed by atoms with Gasteiger partial charge in [-0.05, 0) is 30.3 Å². The minimum absolute atomic E-state index is 0.00593. The second kappa shape index (κ2) is 4.97. The zero-order valence-corrected chi connectivity index (χ0v) is 9.45. The molecule has 0 fully saturated rings. The van der Waals surface area contributed by atoms with Crippen molar-refractivity contribution in [1.29, 1.82) is 0 Å². The van der Waals surface area contributed by atoms with E-state index in [0.29, 0.717) is 0 Å². The molecule has 0 radical (unpaired) electrons. The first-order valence-electron chi connectivity index (χ1n) is 4.78. The summed E-state index contributed by atoms with van der Waals surface area (Å²) >= 11 is 1.33. The number of carboxylic acid groups (broad SMARTS) is 1. The van der Waals surface area contributed by atoms with Crippen molar-refractivity contribution in [3.05, 3.63) is 54.1 Å². The number of carbonyl (C=O) groups is 1. The summed E-state index contributed by atoms with van der Waals surface area (Å²) in [4.78, 5) is 15.9. The van der Waals surface area contributed by atoms with Crippen molar-refractivity contribution in [1.82, 2.24) is 4.98 Å². The molecule has 0 saturated heterocycles. The van der Waals surface area contributed by atoms with E-state index in [1.807, 2.05) is 0 Å². The van der Waals surface area contributed by atoms with Gasteiger partial charge < -0.3 is 5.11 Å². The summed E-state index contributed by atoms with van der Waals surface area (Å²) in [6.07, 6.45) is 1.46. The summed E-state index contributed by atoms with van der Waals surface area (Å²) in [5.41, 5.74) is -0.00593. The van der Waals surface area contributed by atoms with Gasteiger partial charge in [0.1, 0.15) is 11.5 Å². The Kier molecular flexibility index (Phi) is 3.39. The third kappa shape index (κ3) is 3.04. The summed E-state index contributed by atoms with van der Waals surface area (Å²) in [5.74, 6) is -1.36. The molecule has 3 nitrogen and oxygen atoms in total. The summed E-state index contributed by atoms with van der Waals surface area (Å²) < 4.78 is 12.9. The highest BCUT2D eigenvalue weighted by Crippen LogP contribution is 2.27. The van der Waals surface area contributed by atoms with Gasteiger partial charge in [0, 0.05) is 16.0 Å². The first kappa shape index (κ1) is 11.6. The van der Waals surface area contributed by atoms with Crippen molar-refractivity contribution in [2.45, 2.75) is 9.79 Å². The second-order valence-corrected chi connectivity index (χ2v) is 4.39. The molecule has 0 spiro atoms. The van der Waals surface area contributed by atoms with E-state index in [9.17, 15) is 9.18 Å².